The van der Waals surface area contributed by atoms with Crippen LogP contribution in [0, 0.1) is 11.7 Å². The van der Waals surface area contributed by atoms with Gasteiger partial charge in [-0.15, -0.1) is 11.3 Å². The summed E-state index contributed by atoms with van der Waals surface area (Å²) in [5.74, 6) is 1.09. The number of piperazine rings is 1. The fourth-order valence-corrected chi connectivity index (χ4v) is 7.39. The van der Waals surface area contributed by atoms with Gasteiger partial charge < -0.3 is 14.5 Å². The molecule has 0 unspecified atom stereocenters. The number of amides is 1. The molecule has 5 heterocycles. The summed E-state index contributed by atoms with van der Waals surface area (Å²) in [6, 6.07) is 12.5. The van der Waals surface area contributed by atoms with E-state index < -0.39 is 5.82 Å². The Bertz CT molecular complexity index is 1700. The van der Waals surface area contributed by atoms with Crippen LogP contribution in [0.5, 0.6) is 11.5 Å². The molecule has 1 aliphatic carbocycles. The molecule has 1 amide bonds. The Hall–Kier alpha value is -3.73. The van der Waals surface area contributed by atoms with E-state index in [4.69, 9.17) is 9.72 Å². The van der Waals surface area contributed by atoms with Crippen molar-refractivity contribution in [3.63, 3.8) is 0 Å². The highest BCUT2D eigenvalue weighted by Crippen LogP contribution is 2.39. The van der Waals surface area contributed by atoms with Crippen LogP contribution < -0.4 is 4.74 Å². The molecule has 1 aromatic carbocycles. The minimum Gasteiger partial charge on any atom is -0.453 e. The fraction of sp³-hybridized carbons (Fsp3) is 0.429. The summed E-state index contributed by atoms with van der Waals surface area (Å²) in [6.45, 7) is 5.07. The van der Waals surface area contributed by atoms with Gasteiger partial charge in [-0.1, -0.05) is 12.1 Å². The number of ether oxygens (including phenoxy) is 1. The molecule has 3 aliphatic rings. The first-order chi connectivity index (χ1) is 21.9. The maximum absolute atomic E-state index is 15.0. The van der Waals surface area contributed by atoms with Gasteiger partial charge in [0.15, 0.2) is 11.6 Å². The molecule has 2 saturated heterocycles. The Morgan fingerprint density at radius 3 is 2.53 bits per heavy atom. The number of thiophene rings is 1. The van der Waals surface area contributed by atoms with Crippen molar-refractivity contribution in [3.8, 4) is 22.1 Å². The number of ketones is 1. The predicted octanol–water partition coefficient (Wildman–Crippen LogP) is 5.94. The lowest BCUT2D eigenvalue weighted by Gasteiger charge is -2.35. The number of Topliss-reactive ketones (excluding diaryl/α,β-unsaturated/α-hetero) is 1. The zero-order chi connectivity index (χ0) is 30.9. The average Bonchev–Trinajstić information content (AvgIpc) is 3.53. The monoisotopic (exact) mass is 627 g/mol. The van der Waals surface area contributed by atoms with Gasteiger partial charge in [-0.3, -0.25) is 24.5 Å². The first-order valence-corrected chi connectivity index (χ1v) is 16.7. The summed E-state index contributed by atoms with van der Waals surface area (Å²) in [4.78, 5) is 42.3. The molecule has 0 N–H and O–H groups in total. The normalized spacial score (nSPS) is 19.3. The standard InChI is InChI=1S/C35H38FN5O3S/c1-39-13-15-40(16-14-39)35(43)30-3-2-12-41(30)22-25-6-8-28(38-21-25)33-20-29-34(45-33)32(10-11-37-29)44-31-9-7-24(19-27(31)36)18-26(42)17-23-4-5-23/h6-11,19-21,23,30H,2-5,12-18,22H2,1H3/t30-/m0/s1. The van der Waals surface area contributed by atoms with Gasteiger partial charge in [0.2, 0.25) is 5.91 Å². The topological polar surface area (TPSA) is 78.9 Å². The summed E-state index contributed by atoms with van der Waals surface area (Å²) in [6.07, 6.45) is 8.58. The molecule has 1 saturated carbocycles. The molecule has 45 heavy (non-hydrogen) atoms. The van der Waals surface area contributed by atoms with Crippen molar-refractivity contribution in [2.24, 2.45) is 5.92 Å². The van der Waals surface area contributed by atoms with E-state index >= 15 is 4.39 Å². The van der Waals surface area contributed by atoms with Crippen LogP contribution in [0.4, 0.5) is 4.39 Å². The van der Waals surface area contributed by atoms with Crippen LogP contribution in [0.1, 0.15) is 43.2 Å². The van der Waals surface area contributed by atoms with Crippen LogP contribution in [0.3, 0.4) is 0 Å². The van der Waals surface area contributed by atoms with Gasteiger partial charge in [0.1, 0.15) is 11.5 Å². The minimum atomic E-state index is -0.490. The number of carbonyl (C=O) groups is 2. The third-order valence-corrected chi connectivity index (χ3v) is 10.3. The Morgan fingerprint density at radius 2 is 1.78 bits per heavy atom. The Labute approximate surface area is 266 Å². The lowest BCUT2D eigenvalue weighted by atomic mass is 10.0. The Kier molecular flexibility index (Phi) is 8.61. The third kappa shape index (κ3) is 6.93. The summed E-state index contributed by atoms with van der Waals surface area (Å²) >= 11 is 1.50. The van der Waals surface area contributed by atoms with Crippen LogP contribution >= 0.6 is 11.3 Å². The quantitative estimate of drug-likeness (QED) is 0.215. The van der Waals surface area contributed by atoms with E-state index in [1.54, 1.807) is 24.4 Å². The van der Waals surface area contributed by atoms with Crippen molar-refractivity contribution in [2.75, 3.05) is 39.8 Å². The highest BCUT2D eigenvalue weighted by Gasteiger charge is 2.34. The SMILES string of the molecule is CN1CCN(C(=O)[C@@H]2CCCN2Cc2ccc(-c3cc4nccc(Oc5ccc(CC(=O)CC6CC6)cc5F)c4s3)nc2)CC1. The van der Waals surface area contributed by atoms with Crippen molar-refractivity contribution in [2.45, 2.75) is 51.1 Å². The van der Waals surface area contributed by atoms with Crippen molar-refractivity contribution < 1.29 is 18.7 Å². The van der Waals surface area contributed by atoms with E-state index in [0.717, 1.165) is 84.8 Å². The summed E-state index contributed by atoms with van der Waals surface area (Å²) in [7, 11) is 2.10. The maximum atomic E-state index is 15.0. The number of benzene rings is 1. The molecule has 7 rings (SSSR count). The molecule has 0 radical (unpaired) electrons. The third-order valence-electron chi connectivity index (χ3n) is 9.13. The number of rotatable bonds is 10. The van der Waals surface area contributed by atoms with Gasteiger partial charge in [0, 0.05) is 64.0 Å². The first kappa shape index (κ1) is 30.0. The molecular formula is C35H38FN5O3S. The second-order valence-electron chi connectivity index (χ2n) is 12.7. The van der Waals surface area contributed by atoms with E-state index in [1.165, 1.54) is 17.4 Å². The van der Waals surface area contributed by atoms with E-state index in [0.29, 0.717) is 30.2 Å². The fourth-order valence-electron chi connectivity index (χ4n) is 6.35. The predicted molar refractivity (Wildman–Crippen MR) is 173 cm³/mol. The van der Waals surface area contributed by atoms with E-state index in [2.05, 4.69) is 27.9 Å². The number of halogens is 1. The maximum Gasteiger partial charge on any atom is 0.240 e. The van der Waals surface area contributed by atoms with Gasteiger partial charge in [-0.2, -0.15) is 0 Å². The smallest absolute Gasteiger partial charge is 0.240 e. The van der Waals surface area contributed by atoms with Gasteiger partial charge in [-0.25, -0.2) is 4.39 Å². The number of nitrogens with zero attached hydrogens (tertiary/aromatic N) is 5. The molecule has 2 aliphatic heterocycles. The number of hydrogen-bond donors (Lipinski definition) is 0. The number of carbonyl (C=O) groups excluding carboxylic acids is 2. The van der Waals surface area contributed by atoms with Crippen molar-refractivity contribution in [1.82, 2.24) is 24.7 Å². The Balaban J connectivity index is 1.02. The molecule has 8 nitrogen and oxygen atoms in total. The number of likely N-dealkylation sites (tertiary alicyclic amines) is 1. The number of likely N-dealkylation sites (N-methyl/N-ethyl adjacent to an activating group) is 1. The number of hydrogen-bond acceptors (Lipinski definition) is 8. The second kappa shape index (κ2) is 12.9. The van der Waals surface area contributed by atoms with Crippen LogP contribution in [0.15, 0.2) is 54.9 Å². The molecule has 0 spiro atoms. The molecule has 3 fully saturated rings. The number of aromatic nitrogens is 2. The van der Waals surface area contributed by atoms with Crippen LogP contribution in [0.2, 0.25) is 0 Å². The number of fused-ring (bicyclic) bond motifs is 1. The Morgan fingerprint density at radius 1 is 0.956 bits per heavy atom. The lowest BCUT2D eigenvalue weighted by molar-refractivity contribution is -0.137. The molecular weight excluding hydrogens is 589 g/mol. The zero-order valence-electron chi connectivity index (χ0n) is 25.6. The lowest BCUT2D eigenvalue weighted by Crippen LogP contribution is -2.52. The van der Waals surface area contributed by atoms with E-state index in [9.17, 15) is 9.59 Å². The highest BCUT2D eigenvalue weighted by molar-refractivity contribution is 7.22. The average molecular weight is 628 g/mol. The molecule has 4 aromatic rings. The van der Waals surface area contributed by atoms with Crippen molar-refractivity contribution in [3.05, 3.63) is 71.8 Å². The molecule has 3 aromatic heterocycles. The zero-order valence-corrected chi connectivity index (χ0v) is 26.4. The van der Waals surface area contributed by atoms with Crippen LogP contribution in [0.25, 0.3) is 20.8 Å². The van der Waals surface area contributed by atoms with Gasteiger partial charge in [0.05, 0.1) is 26.8 Å². The van der Waals surface area contributed by atoms with E-state index in [-0.39, 0.29) is 29.9 Å². The van der Waals surface area contributed by atoms with Gasteiger partial charge in [0.25, 0.3) is 0 Å². The van der Waals surface area contributed by atoms with E-state index in [1.807, 2.05) is 23.2 Å². The van der Waals surface area contributed by atoms with Crippen LogP contribution in [-0.4, -0.2) is 82.2 Å². The number of pyridine rings is 2. The first-order valence-electron chi connectivity index (χ1n) is 15.9. The molecule has 234 valence electrons. The molecule has 1 atom stereocenters. The minimum absolute atomic E-state index is 0.0592. The van der Waals surface area contributed by atoms with Gasteiger partial charge in [-0.05, 0) is 80.6 Å². The van der Waals surface area contributed by atoms with Crippen molar-refractivity contribution in [1.29, 1.82) is 0 Å². The van der Waals surface area contributed by atoms with Crippen molar-refractivity contribution >= 4 is 33.2 Å². The summed E-state index contributed by atoms with van der Waals surface area (Å²) in [5, 5.41) is 0. The van der Waals surface area contributed by atoms with Gasteiger partial charge >= 0.3 is 0 Å². The molecule has 10 heteroatoms. The molecule has 0 bridgehead atoms. The second-order valence-corrected chi connectivity index (χ2v) is 13.7. The highest BCUT2D eigenvalue weighted by atomic mass is 32.1. The summed E-state index contributed by atoms with van der Waals surface area (Å²) < 4.78 is 21.8. The largest absolute Gasteiger partial charge is 0.453 e. The van der Waals surface area contributed by atoms with Crippen LogP contribution in [-0.2, 0) is 22.6 Å². The summed E-state index contributed by atoms with van der Waals surface area (Å²) in [5.41, 5.74) is 3.32.